The molecular weight excluding hydrogens is 298 g/mol. The summed E-state index contributed by atoms with van der Waals surface area (Å²) < 4.78 is 5.70. The molecule has 0 amide bonds. The van der Waals surface area contributed by atoms with E-state index in [1.165, 1.54) is 31.2 Å². The van der Waals surface area contributed by atoms with Gasteiger partial charge in [-0.15, -0.1) is 0 Å². The van der Waals surface area contributed by atoms with Gasteiger partial charge in [-0.05, 0) is 50.5 Å². The first kappa shape index (κ1) is 17.3. The van der Waals surface area contributed by atoms with Crippen LogP contribution < -0.4 is 5.32 Å². The Kier molecular flexibility index (Phi) is 6.53. The maximum atomic E-state index is 5.70. The van der Waals surface area contributed by atoms with Crippen LogP contribution in [-0.2, 0) is 11.2 Å². The zero-order chi connectivity index (χ0) is 16.6. The minimum Gasteiger partial charge on any atom is -0.376 e. The second-order valence-electron chi connectivity index (χ2n) is 6.95. The minimum absolute atomic E-state index is 0.328. The number of aliphatic imine (C=N–C) groups is 1. The molecule has 3 rings (SSSR count). The molecule has 1 N–H and O–H groups in total. The standard InChI is InChI=1S/C20H31N3O/c1-2-21-20(22-16-19-9-6-14-24-19)23-12-10-18(11-13-23)15-17-7-4-3-5-8-17/h3-5,7-8,18-19H,2,6,9-16H2,1H3,(H,21,22). The van der Waals surface area contributed by atoms with Gasteiger partial charge in [0.25, 0.3) is 0 Å². The van der Waals surface area contributed by atoms with Crippen molar-refractivity contribution in [2.24, 2.45) is 10.9 Å². The van der Waals surface area contributed by atoms with Gasteiger partial charge in [-0.3, -0.25) is 4.99 Å². The number of guanidine groups is 1. The molecule has 1 aromatic rings. The van der Waals surface area contributed by atoms with Crippen LogP contribution in [0.2, 0.25) is 0 Å². The smallest absolute Gasteiger partial charge is 0.194 e. The number of hydrogen-bond acceptors (Lipinski definition) is 2. The van der Waals surface area contributed by atoms with Crippen molar-refractivity contribution in [3.63, 3.8) is 0 Å². The first-order valence-electron chi connectivity index (χ1n) is 9.54. The summed E-state index contributed by atoms with van der Waals surface area (Å²) in [5, 5.41) is 3.46. The van der Waals surface area contributed by atoms with Gasteiger partial charge in [0.2, 0.25) is 0 Å². The number of rotatable bonds is 5. The van der Waals surface area contributed by atoms with Crippen molar-refractivity contribution in [3.05, 3.63) is 35.9 Å². The highest BCUT2D eigenvalue weighted by atomic mass is 16.5. The van der Waals surface area contributed by atoms with Gasteiger partial charge in [0, 0.05) is 26.2 Å². The molecule has 1 aromatic carbocycles. The fourth-order valence-corrected chi connectivity index (χ4v) is 3.70. The minimum atomic E-state index is 0.328. The lowest BCUT2D eigenvalue weighted by molar-refractivity contribution is 0.117. The zero-order valence-electron chi connectivity index (χ0n) is 14.9. The van der Waals surface area contributed by atoms with Gasteiger partial charge < -0.3 is 15.0 Å². The van der Waals surface area contributed by atoms with Gasteiger partial charge >= 0.3 is 0 Å². The Hall–Kier alpha value is -1.55. The molecule has 24 heavy (non-hydrogen) atoms. The van der Waals surface area contributed by atoms with Crippen molar-refractivity contribution in [1.82, 2.24) is 10.2 Å². The average molecular weight is 329 g/mol. The van der Waals surface area contributed by atoms with Crippen molar-refractivity contribution in [2.75, 3.05) is 32.8 Å². The molecule has 2 heterocycles. The lowest BCUT2D eigenvalue weighted by Crippen LogP contribution is -2.46. The van der Waals surface area contributed by atoms with Gasteiger partial charge in [0.15, 0.2) is 5.96 Å². The summed E-state index contributed by atoms with van der Waals surface area (Å²) in [5.74, 6) is 1.87. The molecule has 2 aliphatic heterocycles. The summed E-state index contributed by atoms with van der Waals surface area (Å²) in [6.07, 6.45) is 6.37. The molecular formula is C20H31N3O. The Morgan fingerprint density at radius 3 is 2.67 bits per heavy atom. The third kappa shape index (κ3) is 4.97. The lowest BCUT2D eigenvalue weighted by atomic mass is 9.90. The summed E-state index contributed by atoms with van der Waals surface area (Å²) in [6, 6.07) is 10.9. The van der Waals surface area contributed by atoms with Crippen LogP contribution in [0.3, 0.4) is 0 Å². The molecule has 1 unspecified atom stereocenters. The van der Waals surface area contributed by atoms with E-state index in [1.54, 1.807) is 0 Å². The van der Waals surface area contributed by atoms with Gasteiger partial charge in [-0.2, -0.15) is 0 Å². The predicted molar refractivity (Wildman–Crippen MR) is 99.4 cm³/mol. The van der Waals surface area contributed by atoms with Crippen LogP contribution in [-0.4, -0.2) is 49.7 Å². The number of piperidine rings is 1. The zero-order valence-corrected chi connectivity index (χ0v) is 14.9. The Morgan fingerprint density at radius 1 is 1.21 bits per heavy atom. The van der Waals surface area contributed by atoms with E-state index >= 15 is 0 Å². The summed E-state index contributed by atoms with van der Waals surface area (Å²) >= 11 is 0. The molecule has 0 bridgehead atoms. The van der Waals surface area contributed by atoms with Crippen molar-refractivity contribution in [2.45, 2.75) is 45.1 Å². The van der Waals surface area contributed by atoms with E-state index in [0.717, 1.165) is 51.1 Å². The Balaban J connectivity index is 1.50. The Morgan fingerprint density at radius 2 is 2.00 bits per heavy atom. The molecule has 2 saturated heterocycles. The highest BCUT2D eigenvalue weighted by molar-refractivity contribution is 5.80. The maximum Gasteiger partial charge on any atom is 0.194 e. The van der Waals surface area contributed by atoms with E-state index in [0.29, 0.717) is 6.10 Å². The first-order valence-corrected chi connectivity index (χ1v) is 9.54. The quantitative estimate of drug-likeness (QED) is 0.666. The largest absolute Gasteiger partial charge is 0.376 e. The number of hydrogen-bond donors (Lipinski definition) is 1. The number of nitrogens with one attached hydrogen (secondary N) is 1. The van der Waals surface area contributed by atoms with Crippen LogP contribution in [0.4, 0.5) is 0 Å². The molecule has 0 aliphatic carbocycles. The lowest BCUT2D eigenvalue weighted by Gasteiger charge is -2.34. The van der Waals surface area contributed by atoms with E-state index in [4.69, 9.17) is 9.73 Å². The van der Waals surface area contributed by atoms with Crippen LogP contribution in [0, 0.1) is 5.92 Å². The van der Waals surface area contributed by atoms with Gasteiger partial charge in [-0.25, -0.2) is 0 Å². The normalized spacial score (nSPS) is 22.8. The average Bonchev–Trinajstić information content (AvgIpc) is 3.14. The fourth-order valence-electron chi connectivity index (χ4n) is 3.70. The van der Waals surface area contributed by atoms with Crippen molar-refractivity contribution in [3.8, 4) is 0 Å². The SMILES string of the molecule is CCNC(=NCC1CCCO1)N1CCC(Cc2ccccc2)CC1. The first-order chi connectivity index (χ1) is 11.8. The molecule has 2 fully saturated rings. The maximum absolute atomic E-state index is 5.70. The topological polar surface area (TPSA) is 36.9 Å². The number of benzene rings is 1. The van der Waals surface area contributed by atoms with Crippen molar-refractivity contribution < 1.29 is 4.74 Å². The predicted octanol–water partition coefficient (Wildman–Crippen LogP) is 3.09. The second-order valence-corrected chi connectivity index (χ2v) is 6.95. The molecule has 0 aromatic heterocycles. The van der Waals surface area contributed by atoms with Crippen LogP contribution in [0.25, 0.3) is 0 Å². The number of nitrogens with zero attached hydrogens (tertiary/aromatic N) is 2. The molecule has 1 atom stereocenters. The van der Waals surface area contributed by atoms with E-state index in [1.807, 2.05) is 0 Å². The summed E-state index contributed by atoms with van der Waals surface area (Å²) in [6.45, 7) is 6.98. The summed E-state index contributed by atoms with van der Waals surface area (Å²) in [4.78, 5) is 7.27. The van der Waals surface area contributed by atoms with Crippen molar-refractivity contribution in [1.29, 1.82) is 0 Å². The van der Waals surface area contributed by atoms with Crippen LogP contribution in [0.1, 0.15) is 38.2 Å². The van der Waals surface area contributed by atoms with Crippen LogP contribution in [0.5, 0.6) is 0 Å². The summed E-state index contributed by atoms with van der Waals surface area (Å²) in [7, 11) is 0. The van der Waals surface area contributed by atoms with E-state index in [9.17, 15) is 0 Å². The summed E-state index contributed by atoms with van der Waals surface area (Å²) in [5.41, 5.74) is 1.47. The monoisotopic (exact) mass is 329 g/mol. The van der Waals surface area contributed by atoms with Gasteiger partial charge in [0.05, 0.1) is 12.6 Å². The molecule has 4 nitrogen and oxygen atoms in total. The Labute approximate surface area is 146 Å². The Bertz CT molecular complexity index is 503. The third-order valence-electron chi connectivity index (χ3n) is 5.08. The fraction of sp³-hybridized carbons (Fsp3) is 0.650. The molecule has 0 radical (unpaired) electrons. The van der Waals surface area contributed by atoms with Crippen LogP contribution >= 0.6 is 0 Å². The van der Waals surface area contributed by atoms with Gasteiger partial charge in [-0.1, -0.05) is 30.3 Å². The van der Waals surface area contributed by atoms with Gasteiger partial charge in [0.1, 0.15) is 0 Å². The molecule has 4 heteroatoms. The second kappa shape index (κ2) is 9.07. The van der Waals surface area contributed by atoms with Crippen LogP contribution in [0.15, 0.2) is 35.3 Å². The molecule has 0 saturated carbocycles. The highest BCUT2D eigenvalue weighted by Gasteiger charge is 2.22. The van der Waals surface area contributed by atoms with E-state index in [-0.39, 0.29) is 0 Å². The van der Waals surface area contributed by atoms with Crippen molar-refractivity contribution >= 4 is 5.96 Å². The molecule has 132 valence electrons. The number of likely N-dealkylation sites (tertiary alicyclic amines) is 1. The third-order valence-corrected chi connectivity index (χ3v) is 5.08. The molecule has 0 spiro atoms. The van der Waals surface area contributed by atoms with E-state index in [2.05, 4.69) is 47.5 Å². The number of ether oxygens (including phenoxy) is 1. The molecule has 2 aliphatic rings. The highest BCUT2D eigenvalue weighted by Crippen LogP contribution is 2.22. The van der Waals surface area contributed by atoms with E-state index < -0.39 is 0 Å².